The fourth-order valence-corrected chi connectivity index (χ4v) is 2.18. The van der Waals surface area contributed by atoms with Crippen molar-refractivity contribution >= 4 is 15.9 Å². The van der Waals surface area contributed by atoms with Gasteiger partial charge in [0.1, 0.15) is 5.54 Å². The van der Waals surface area contributed by atoms with E-state index in [2.05, 4.69) is 15.9 Å². The van der Waals surface area contributed by atoms with Crippen LogP contribution in [0.1, 0.15) is 17.5 Å². The maximum atomic E-state index is 13.0. The zero-order valence-corrected chi connectivity index (χ0v) is 9.24. The molecule has 1 aliphatic carbocycles. The summed E-state index contributed by atoms with van der Waals surface area (Å²) in [6, 6.07) is 5.33. The van der Waals surface area contributed by atoms with Gasteiger partial charge in [-0.2, -0.15) is 0 Å². The van der Waals surface area contributed by atoms with Crippen LogP contribution >= 0.6 is 15.9 Å². The summed E-state index contributed by atoms with van der Waals surface area (Å²) >= 11 is 3.24. The van der Waals surface area contributed by atoms with Gasteiger partial charge in [-0.1, -0.05) is 33.6 Å². The zero-order chi connectivity index (χ0) is 10.6. The summed E-state index contributed by atoms with van der Waals surface area (Å²) in [5.41, 5.74) is 5.62. The van der Waals surface area contributed by atoms with Gasteiger partial charge in [-0.3, -0.25) is 0 Å². The Morgan fingerprint density at radius 3 is 2.50 bits per heavy atom. The Morgan fingerprint density at radius 2 is 2.00 bits per heavy atom. The van der Waals surface area contributed by atoms with Gasteiger partial charge < -0.3 is 5.73 Å². The third-order valence-corrected chi connectivity index (χ3v) is 3.32. The van der Waals surface area contributed by atoms with Crippen LogP contribution in [0.2, 0.25) is 0 Å². The summed E-state index contributed by atoms with van der Waals surface area (Å²) in [5.74, 6) is -2.76. The lowest BCUT2D eigenvalue weighted by Gasteiger charge is -2.13. The predicted molar refractivity (Wildman–Crippen MR) is 54.3 cm³/mol. The van der Waals surface area contributed by atoms with Crippen LogP contribution in [-0.2, 0) is 5.54 Å². The Kier molecular flexibility index (Phi) is 1.98. The minimum atomic E-state index is -2.76. The van der Waals surface area contributed by atoms with E-state index in [-0.39, 0.29) is 6.42 Å². The van der Waals surface area contributed by atoms with Crippen LogP contribution in [-0.4, -0.2) is 5.92 Å². The highest BCUT2D eigenvalue weighted by Crippen LogP contribution is 2.58. The fourth-order valence-electron chi connectivity index (χ4n) is 1.58. The lowest BCUT2D eigenvalue weighted by atomic mass is 10.0. The molecule has 1 aromatic rings. The topological polar surface area (TPSA) is 26.0 Å². The third-order valence-electron chi connectivity index (χ3n) is 2.63. The third kappa shape index (κ3) is 1.28. The van der Waals surface area contributed by atoms with E-state index in [1.807, 2.05) is 13.0 Å². The van der Waals surface area contributed by atoms with E-state index in [1.165, 1.54) is 0 Å². The number of alkyl halides is 2. The van der Waals surface area contributed by atoms with Crippen molar-refractivity contribution in [3.05, 3.63) is 33.8 Å². The molecule has 76 valence electrons. The van der Waals surface area contributed by atoms with Gasteiger partial charge in [-0.15, -0.1) is 0 Å². The highest BCUT2D eigenvalue weighted by atomic mass is 79.9. The molecule has 1 aromatic carbocycles. The van der Waals surface area contributed by atoms with Crippen LogP contribution in [0.4, 0.5) is 8.78 Å². The Morgan fingerprint density at radius 1 is 1.43 bits per heavy atom. The van der Waals surface area contributed by atoms with Gasteiger partial charge in [0, 0.05) is 10.9 Å². The molecule has 1 unspecified atom stereocenters. The Bertz CT molecular complexity index is 392. The smallest absolute Gasteiger partial charge is 0.272 e. The van der Waals surface area contributed by atoms with Gasteiger partial charge in [0.15, 0.2) is 0 Å². The SMILES string of the molecule is Cc1ccc(Br)c(C2(N)CC2(F)F)c1. The minimum absolute atomic E-state index is 0.262. The van der Waals surface area contributed by atoms with Crippen LogP contribution < -0.4 is 5.73 Å². The molecule has 2 rings (SSSR count). The average molecular weight is 262 g/mol. The van der Waals surface area contributed by atoms with Crippen molar-refractivity contribution in [2.75, 3.05) is 0 Å². The maximum absolute atomic E-state index is 13.0. The molecular weight excluding hydrogens is 252 g/mol. The van der Waals surface area contributed by atoms with Gasteiger partial charge in [-0.25, -0.2) is 8.78 Å². The lowest BCUT2D eigenvalue weighted by molar-refractivity contribution is 0.0889. The summed E-state index contributed by atoms with van der Waals surface area (Å²) in [6.07, 6.45) is -0.262. The van der Waals surface area contributed by atoms with Crippen LogP contribution in [0.25, 0.3) is 0 Å². The van der Waals surface area contributed by atoms with E-state index in [9.17, 15) is 8.78 Å². The van der Waals surface area contributed by atoms with Gasteiger partial charge >= 0.3 is 0 Å². The molecule has 4 heteroatoms. The van der Waals surface area contributed by atoms with Gasteiger partial charge in [-0.05, 0) is 18.6 Å². The van der Waals surface area contributed by atoms with Gasteiger partial charge in [0.2, 0.25) is 0 Å². The highest BCUT2D eigenvalue weighted by molar-refractivity contribution is 9.10. The van der Waals surface area contributed by atoms with Crippen molar-refractivity contribution in [2.45, 2.75) is 24.8 Å². The first-order valence-electron chi connectivity index (χ1n) is 4.30. The molecule has 1 saturated carbocycles. The summed E-state index contributed by atoms with van der Waals surface area (Å²) in [6.45, 7) is 1.86. The molecule has 14 heavy (non-hydrogen) atoms. The largest absolute Gasteiger partial charge is 0.316 e. The number of hydrogen-bond donors (Lipinski definition) is 1. The van der Waals surface area contributed by atoms with E-state index in [4.69, 9.17) is 5.73 Å². The minimum Gasteiger partial charge on any atom is -0.316 e. The van der Waals surface area contributed by atoms with Crippen molar-refractivity contribution in [3.63, 3.8) is 0 Å². The molecule has 0 aliphatic heterocycles. The van der Waals surface area contributed by atoms with Crippen molar-refractivity contribution in [1.82, 2.24) is 0 Å². The molecule has 1 nitrogen and oxygen atoms in total. The second kappa shape index (κ2) is 2.76. The van der Waals surface area contributed by atoms with E-state index in [0.717, 1.165) is 5.56 Å². The molecule has 0 bridgehead atoms. The van der Waals surface area contributed by atoms with Crippen molar-refractivity contribution < 1.29 is 8.78 Å². The fraction of sp³-hybridized carbons (Fsp3) is 0.400. The van der Waals surface area contributed by atoms with Crippen LogP contribution in [0.5, 0.6) is 0 Å². The number of aryl methyl sites for hydroxylation is 1. The van der Waals surface area contributed by atoms with Crippen molar-refractivity contribution in [1.29, 1.82) is 0 Å². The summed E-state index contributed by atoms with van der Waals surface area (Å²) < 4.78 is 26.7. The highest BCUT2D eigenvalue weighted by Gasteiger charge is 2.70. The molecule has 1 atom stereocenters. The molecule has 0 heterocycles. The van der Waals surface area contributed by atoms with Crippen LogP contribution in [0, 0.1) is 6.92 Å². The quantitative estimate of drug-likeness (QED) is 0.827. The predicted octanol–water partition coefficient (Wildman–Crippen LogP) is 2.95. The molecule has 1 fully saturated rings. The normalized spacial score (nSPS) is 28.9. The second-order valence-electron chi connectivity index (χ2n) is 3.84. The molecular formula is C10H10BrF2N. The first-order valence-corrected chi connectivity index (χ1v) is 5.09. The summed E-state index contributed by atoms with van der Waals surface area (Å²) in [4.78, 5) is 0. The number of nitrogens with two attached hydrogens (primary N) is 1. The number of hydrogen-bond acceptors (Lipinski definition) is 1. The summed E-state index contributed by atoms with van der Waals surface area (Å²) in [7, 11) is 0. The monoisotopic (exact) mass is 261 g/mol. The van der Waals surface area contributed by atoms with Crippen molar-refractivity contribution in [3.8, 4) is 0 Å². The summed E-state index contributed by atoms with van der Waals surface area (Å²) in [5, 5.41) is 0. The van der Waals surface area contributed by atoms with Gasteiger partial charge in [0.25, 0.3) is 5.92 Å². The Labute approximate surface area is 89.4 Å². The number of rotatable bonds is 1. The molecule has 0 amide bonds. The molecule has 2 N–H and O–H groups in total. The maximum Gasteiger partial charge on any atom is 0.272 e. The Balaban J connectivity index is 2.48. The van der Waals surface area contributed by atoms with E-state index in [1.54, 1.807) is 12.1 Å². The zero-order valence-electron chi connectivity index (χ0n) is 7.65. The number of halogens is 3. The first-order chi connectivity index (χ1) is 6.37. The van der Waals surface area contributed by atoms with Crippen LogP contribution in [0.15, 0.2) is 22.7 Å². The molecule has 0 saturated heterocycles. The van der Waals surface area contributed by atoms with Crippen molar-refractivity contribution in [2.24, 2.45) is 5.73 Å². The second-order valence-corrected chi connectivity index (χ2v) is 4.69. The number of benzene rings is 1. The van der Waals surface area contributed by atoms with E-state index < -0.39 is 11.5 Å². The van der Waals surface area contributed by atoms with Gasteiger partial charge in [0.05, 0.1) is 0 Å². The molecule has 1 aliphatic rings. The van der Waals surface area contributed by atoms with E-state index >= 15 is 0 Å². The average Bonchev–Trinajstić information content (AvgIpc) is 2.58. The van der Waals surface area contributed by atoms with Crippen LogP contribution in [0.3, 0.4) is 0 Å². The first kappa shape index (κ1) is 10.1. The van der Waals surface area contributed by atoms with E-state index in [0.29, 0.717) is 10.0 Å². The standard InChI is InChI=1S/C10H10BrF2N/c1-6-2-3-8(11)7(4-6)9(14)5-10(9,12)13/h2-4H,5,14H2,1H3. The lowest BCUT2D eigenvalue weighted by Crippen LogP contribution is -2.27. The Hall–Kier alpha value is -0.480. The molecule has 0 radical (unpaired) electrons. The molecule has 0 aromatic heterocycles. The molecule has 0 spiro atoms.